The van der Waals surface area contributed by atoms with Crippen molar-refractivity contribution in [3.63, 3.8) is 0 Å². The van der Waals surface area contributed by atoms with Gasteiger partial charge in [-0.3, -0.25) is 9.59 Å². The van der Waals surface area contributed by atoms with Crippen LogP contribution in [-0.2, 0) is 9.59 Å². The lowest BCUT2D eigenvalue weighted by atomic mass is 10.1. The summed E-state index contributed by atoms with van der Waals surface area (Å²) in [7, 11) is 0. The maximum absolute atomic E-state index is 12.3. The Labute approximate surface area is 166 Å². The third-order valence-corrected chi connectivity index (χ3v) is 4.40. The third-order valence-electron chi connectivity index (χ3n) is 4.40. The molecule has 0 aliphatic rings. The summed E-state index contributed by atoms with van der Waals surface area (Å²) >= 11 is 0. The Morgan fingerprint density at radius 2 is 1.71 bits per heavy atom. The van der Waals surface area contributed by atoms with Crippen molar-refractivity contribution in [1.29, 1.82) is 0 Å². The van der Waals surface area contributed by atoms with E-state index in [9.17, 15) is 9.59 Å². The van der Waals surface area contributed by atoms with Gasteiger partial charge >= 0.3 is 0 Å². The molecule has 1 unspecified atom stereocenters. The van der Waals surface area contributed by atoms with Gasteiger partial charge in [-0.1, -0.05) is 26.0 Å². The van der Waals surface area contributed by atoms with Crippen LogP contribution in [0.25, 0.3) is 0 Å². The lowest BCUT2D eigenvalue weighted by Gasteiger charge is -2.15. The summed E-state index contributed by atoms with van der Waals surface area (Å²) < 4.78 is 5.78. The first-order chi connectivity index (χ1) is 13.4. The highest BCUT2D eigenvalue weighted by atomic mass is 16.5. The molecule has 0 saturated carbocycles. The number of rotatable bonds is 9. The second-order valence-electron chi connectivity index (χ2n) is 6.65. The molecule has 150 valence electrons. The van der Waals surface area contributed by atoms with Crippen molar-refractivity contribution in [3.8, 4) is 5.75 Å². The molecular formula is C22H29N3O3. The summed E-state index contributed by atoms with van der Waals surface area (Å²) in [6.07, 6.45) is 1.45. The number of carbonyl (C=O) groups excluding carboxylic acids is 2. The number of nitrogens with one attached hydrogen (secondary N) is 3. The van der Waals surface area contributed by atoms with E-state index in [2.05, 4.69) is 22.9 Å². The Kier molecular flexibility index (Phi) is 7.87. The summed E-state index contributed by atoms with van der Waals surface area (Å²) in [6, 6.07) is 12.9. The summed E-state index contributed by atoms with van der Waals surface area (Å²) in [5, 5.41) is 8.85. The van der Waals surface area contributed by atoms with E-state index in [1.165, 1.54) is 0 Å². The fourth-order valence-electron chi connectivity index (χ4n) is 2.54. The van der Waals surface area contributed by atoms with Crippen LogP contribution in [0.2, 0.25) is 0 Å². The van der Waals surface area contributed by atoms with Crippen molar-refractivity contribution in [2.45, 2.75) is 46.6 Å². The second kappa shape index (κ2) is 10.3. The summed E-state index contributed by atoms with van der Waals surface area (Å²) in [5.41, 5.74) is 3.12. The largest absolute Gasteiger partial charge is 0.491 e. The van der Waals surface area contributed by atoms with Crippen LogP contribution in [-0.4, -0.2) is 24.5 Å². The van der Waals surface area contributed by atoms with Gasteiger partial charge in [0.05, 0.1) is 12.6 Å². The van der Waals surface area contributed by atoms with Crippen molar-refractivity contribution in [1.82, 2.24) is 0 Å². The van der Waals surface area contributed by atoms with Crippen LogP contribution in [0.5, 0.6) is 5.75 Å². The van der Waals surface area contributed by atoms with Gasteiger partial charge in [0.15, 0.2) is 0 Å². The van der Waals surface area contributed by atoms with E-state index < -0.39 is 0 Å². The summed E-state index contributed by atoms with van der Waals surface area (Å²) in [6.45, 7) is 7.89. The molecule has 1 atom stereocenters. The number of carbonyl (C=O) groups is 2. The molecule has 0 radical (unpaired) electrons. The Balaban J connectivity index is 1.95. The zero-order valence-electron chi connectivity index (χ0n) is 17.0. The van der Waals surface area contributed by atoms with E-state index in [-0.39, 0.29) is 24.5 Å². The Morgan fingerprint density at radius 1 is 1.00 bits per heavy atom. The Morgan fingerprint density at radius 3 is 2.43 bits per heavy atom. The number of ether oxygens (including phenoxy) is 1. The van der Waals surface area contributed by atoms with Crippen LogP contribution >= 0.6 is 0 Å². The van der Waals surface area contributed by atoms with Gasteiger partial charge in [0.1, 0.15) is 5.75 Å². The van der Waals surface area contributed by atoms with Gasteiger partial charge in [-0.15, -0.1) is 0 Å². The maximum atomic E-state index is 12.3. The lowest BCUT2D eigenvalue weighted by molar-refractivity contribution is -0.116. The normalized spacial score (nSPS) is 11.4. The van der Waals surface area contributed by atoms with E-state index >= 15 is 0 Å². The number of amides is 2. The first-order valence-electron chi connectivity index (χ1n) is 9.62. The minimum Gasteiger partial charge on any atom is -0.491 e. The highest BCUT2D eigenvalue weighted by Crippen LogP contribution is 2.23. The molecule has 2 rings (SSSR count). The van der Waals surface area contributed by atoms with E-state index in [4.69, 9.17) is 4.74 Å². The molecule has 28 heavy (non-hydrogen) atoms. The van der Waals surface area contributed by atoms with Gasteiger partial charge in [0.25, 0.3) is 0 Å². The molecule has 2 amide bonds. The molecule has 0 fully saturated rings. The topological polar surface area (TPSA) is 79.5 Å². The van der Waals surface area contributed by atoms with Gasteiger partial charge in [0.2, 0.25) is 11.8 Å². The first-order valence-corrected chi connectivity index (χ1v) is 9.62. The molecular weight excluding hydrogens is 354 g/mol. The second-order valence-corrected chi connectivity index (χ2v) is 6.65. The van der Waals surface area contributed by atoms with Crippen LogP contribution < -0.4 is 20.7 Å². The minimum absolute atomic E-state index is 0.0440. The van der Waals surface area contributed by atoms with Gasteiger partial charge in [0, 0.05) is 29.5 Å². The molecule has 0 bridgehead atoms. The van der Waals surface area contributed by atoms with Gasteiger partial charge in [-0.05, 0) is 50.1 Å². The highest BCUT2D eigenvalue weighted by Gasteiger charge is 2.09. The van der Waals surface area contributed by atoms with Crippen molar-refractivity contribution >= 4 is 28.9 Å². The molecule has 0 aliphatic heterocycles. The van der Waals surface area contributed by atoms with Crippen LogP contribution in [0.1, 0.15) is 39.2 Å². The molecule has 0 spiro atoms. The van der Waals surface area contributed by atoms with Gasteiger partial charge in [-0.2, -0.15) is 0 Å². The van der Waals surface area contributed by atoms with E-state index in [1.54, 1.807) is 6.92 Å². The monoisotopic (exact) mass is 383 g/mol. The zero-order valence-corrected chi connectivity index (χ0v) is 17.0. The average molecular weight is 383 g/mol. The van der Waals surface area contributed by atoms with Crippen LogP contribution in [0, 0.1) is 6.92 Å². The fourth-order valence-corrected chi connectivity index (χ4v) is 2.54. The Hall–Kier alpha value is -3.02. The van der Waals surface area contributed by atoms with Crippen molar-refractivity contribution in [2.75, 3.05) is 22.5 Å². The zero-order chi connectivity index (χ0) is 20.5. The van der Waals surface area contributed by atoms with Crippen LogP contribution in [0.4, 0.5) is 17.1 Å². The van der Waals surface area contributed by atoms with Gasteiger partial charge < -0.3 is 20.7 Å². The predicted octanol–water partition coefficient (Wildman–Crippen LogP) is 4.57. The van der Waals surface area contributed by atoms with Crippen molar-refractivity contribution < 1.29 is 14.3 Å². The molecule has 2 aromatic carbocycles. The van der Waals surface area contributed by atoms with Crippen LogP contribution in [0.15, 0.2) is 42.5 Å². The van der Waals surface area contributed by atoms with E-state index in [1.807, 2.05) is 56.3 Å². The molecule has 6 heteroatoms. The smallest absolute Gasteiger partial charge is 0.243 e. The fraction of sp³-hybridized carbons (Fsp3) is 0.364. The molecule has 0 aliphatic carbocycles. The maximum Gasteiger partial charge on any atom is 0.243 e. The number of anilines is 3. The molecule has 6 nitrogen and oxygen atoms in total. The standard InChI is InChI=1S/C22H29N3O3/c1-5-15(3)28-18-10-7-9-17(13-18)24-22(27)14-23-19-11-8-12-20(16(19)4)25-21(26)6-2/h7-13,15,23H,5-6,14H2,1-4H3,(H,24,27)(H,25,26). The quantitative estimate of drug-likeness (QED) is 0.592. The first kappa shape index (κ1) is 21.3. The summed E-state index contributed by atoms with van der Waals surface area (Å²) in [5.74, 6) is 0.524. The molecule has 0 aromatic heterocycles. The lowest BCUT2D eigenvalue weighted by Crippen LogP contribution is -2.22. The van der Waals surface area contributed by atoms with Crippen molar-refractivity contribution in [2.24, 2.45) is 0 Å². The molecule has 0 saturated heterocycles. The molecule has 2 aromatic rings. The van der Waals surface area contributed by atoms with Gasteiger partial charge in [-0.25, -0.2) is 0 Å². The number of benzene rings is 2. The molecule has 3 N–H and O–H groups in total. The Bertz CT molecular complexity index is 820. The van der Waals surface area contributed by atoms with Crippen molar-refractivity contribution in [3.05, 3.63) is 48.0 Å². The number of hydrogen-bond donors (Lipinski definition) is 3. The van der Waals surface area contributed by atoms with Crippen LogP contribution in [0.3, 0.4) is 0 Å². The minimum atomic E-state index is -0.164. The SMILES string of the molecule is CCC(=O)Nc1cccc(NCC(=O)Nc2cccc(OC(C)CC)c2)c1C. The molecule has 0 heterocycles. The highest BCUT2D eigenvalue weighted by molar-refractivity contribution is 5.95. The third kappa shape index (κ3) is 6.30. The summed E-state index contributed by atoms with van der Waals surface area (Å²) in [4.78, 5) is 23.9. The average Bonchev–Trinajstić information content (AvgIpc) is 2.68. The van der Waals surface area contributed by atoms with E-state index in [0.29, 0.717) is 12.1 Å². The predicted molar refractivity (Wildman–Crippen MR) is 114 cm³/mol. The van der Waals surface area contributed by atoms with E-state index in [0.717, 1.165) is 29.1 Å². The number of hydrogen-bond acceptors (Lipinski definition) is 4.